The van der Waals surface area contributed by atoms with E-state index in [1.807, 2.05) is 0 Å². The first-order chi connectivity index (χ1) is 11.8. The summed E-state index contributed by atoms with van der Waals surface area (Å²) >= 11 is 0. The van der Waals surface area contributed by atoms with Crippen molar-refractivity contribution in [1.29, 1.82) is 0 Å². The molecule has 1 atom stereocenters. The maximum absolute atomic E-state index is 13.1. The molecular formula is C18H18F2N2O3. The monoisotopic (exact) mass is 348 g/mol. The number of nitrogens with one attached hydrogen (secondary N) is 1. The van der Waals surface area contributed by atoms with E-state index in [1.165, 1.54) is 11.0 Å². The lowest BCUT2D eigenvalue weighted by atomic mass is 10.1. The Bertz CT molecular complexity index is 796. The van der Waals surface area contributed by atoms with Gasteiger partial charge in [0, 0.05) is 12.6 Å². The van der Waals surface area contributed by atoms with Crippen LogP contribution in [0.1, 0.15) is 28.9 Å². The van der Waals surface area contributed by atoms with Crippen molar-refractivity contribution < 1.29 is 23.5 Å². The van der Waals surface area contributed by atoms with Crippen molar-refractivity contribution in [2.24, 2.45) is 0 Å². The van der Waals surface area contributed by atoms with Gasteiger partial charge in [-0.25, -0.2) is 8.78 Å². The lowest BCUT2D eigenvalue weighted by molar-refractivity contribution is -0.130. The van der Waals surface area contributed by atoms with Gasteiger partial charge < -0.3 is 15.3 Å². The average molecular weight is 348 g/mol. The number of halogens is 2. The van der Waals surface area contributed by atoms with E-state index in [2.05, 4.69) is 5.32 Å². The number of aromatic hydroxyl groups is 1. The summed E-state index contributed by atoms with van der Waals surface area (Å²) in [6.45, 7) is 1.49. The summed E-state index contributed by atoms with van der Waals surface area (Å²) in [4.78, 5) is 25.5. The molecule has 0 saturated heterocycles. The van der Waals surface area contributed by atoms with Crippen molar-refractivity contribution in [1.82, 2.24) is 10.2 Å². The number of nitrogens with zero attached hydrogens (tertiary/aromatic N) is 1. The highest BCUT2D eigenvalue weighted by molar-refractivity contribution is 5.96. The number of amides is 2. The average Bonchev–Trinajstić information content (AvgIpc) is 2.60. The number of hydrogen-bond acceptors (Lipinski definition) is 3. The summed E-state index contributed by atoms with van der Waals surface area (Å²) in [7, 11) is 1.57. The molecule has 2 aromatic rings. The summed E-state index contributed by atoms with van der Waals surface area (Å²) in [6.07, 6.45) is 0. The van der Waals surface area contributed by atoms with Crippen LogP contribution in [-0.2, 0) is 4.79 Å². The Morgan fingerprint density at radius 2 is 1.88 bits per heavy atom. The molecule has 0 aliphatic carbocycles. The van der Waals surface area contributed by atoms with E-state index in [1.54, 1.807) is 32.2 Å². The number of likely N-dealkylation sites (N-methyl/N-ethyl adjacent to an activating group) is 1. The first-order valence-electron chi connectivity index (χ1n) is 7.57. The predicted molar refractivity (Wildman–Crippen MR) is 88.0 cm³/mol. The zero-order valence-electron chi connectivity index (χ0n) is 13.8. The van der Waals surface area contributed by atoms with Gasteiger partial charge in [-0.3, -0.25) is 9.59 Å². The van der Waals surface area contributed by atoms with Crippen LogP contribution in [0.5, 0.6) is 5.75 Å². The van der Waals surface area contributed by atoms with E-state index in [9.17, 15) is 23.5 Å². The van der Waals surface area contributed by atoms with Crippen molar-refractivity contribution in [2.45, 2.75) is 13.0 Å². The van der Waals surface area contributed by atoms with E-state index in [0.717, 1.165) is 23.8 Å². The summed E-state index contributed by atoms with van der Waals surface area (Å²) in [5, 5.41) is 11.9. The lowest BCUT2D eigenvalue weighted by Crippen LogP contribution is -2.39. The largest absolute Gasteiger partial charge is 0.508 e. The molecule has 0 fully saturated rings. The molecule has 0 bridgehead atoms. The minimum Gasteiger partial charge on any atom is -0.508 e. The first kappa shape index (κ1) is 18.4. The second kappa shape index (κ2) is 7.74. The van der Waals surface area contributed by atoms with Gasteiger partial charge >= 0.3 is 0 Å². The molecule has 25 heavy (non-hydrogen) atoms. The van der Waals surface area contributed by atoms with Crippen LogP contribution in [0.25, 0.3) is 0 Å². The van der Waals surface area contributed by atoms with Crippen LogP contribution in [0, 0.1) is 11.6 Å². The molecule has 2 amide bonds. The molecule has 0 aliphatic rings. The van der Waals surface area contributed by atoms with Gasteiger partial charge in [0.25, 0.3) is 5.91 Å². The first-order valence-corrected chi connectivity index (χ1v) is 7.57. The van der Waals surface area contributed by atoms with Crippen LogP contribution in [0.15, 0.2) is 42.5 Å². The Kier molecular flexibility index (Phi) is 5.69. The molecule has 132 valence electrons. The highest BCUT2D eigenvalue weighted by atomic mass is 19.2. The summed E-state index contributed by atoms with van der Waals surface area (Å²) in [6, 6.07) is 8.96. The molecule has 2 rings (SSSR count). The van der Waals surface area contributed by atoms with Gasteiger partial charge in [-0.1, -0.05) is 12.1 Å². The van der Waals surface area contributed by atoms with Crippen LogP contribution in [0.4, 0.5) is 8.78 Å². The number of rotatable bonds is 5. The van der Waals surface area contributed by atoms with Gasteiger partial charge in [0.15, 0.2) is 11.6 Å². The Morgan fingerprint density at radius 1 is 1.16 bits per heavy atom. The smallest absolute Gasteiger partial charge is 0.251 e. The number of carbonyl (C=O) groups is 2. The highest BCUT2D eigenvalue weighted by Crippen LogP contribution is 2.22. The molecular weight excluding hydrogens is 330 g/mol. The number of hydrogen-bond donors (Lipinski definition) is 2. The van der Waals surface area contributed by atoms with E-state index in [4.69, 9.17) is 0 Å². The Labute approximate surface area is 143 Å². The van der Waals surface area contributed by atoms with Gasteiger partial charge in [-0.15, -0.1) is 0 Å². The summed E-state index contributed by atoms with van der Waals surface area (Å²) < 4.78 is 26.0. The van der Waals surface area contributed by atoms with E-state index in [-0.39, 0.29) is 29.8 Å². The van der Waals surface area contributed by atoms with Crippen molar-refractivity contribution in [3.8, 4) is 5.75 Å². The molecule has 2 N–H and O–H groups in total. The highest BCUT2D eigenvalue weighted by Gasteiger charge is 2.19. The number of phenols is 1. The van der Waals surface area contributed by atoms with Gasteiger partial charge in [-0.05, 0) is 42.8 Å². The molecule has 0 aromatic heterocycles. The van der Waals surface area contributed by atoms with Crippen molar-refractivity contribution in [3.05, 3.63) is 65.2 Å². The predicted octanol–water partition coefficient (Wildman–Crippen LogP) is 2.62. The maximum atomic E-state index is 13.1. The van der Waals surface area contributed by atoms with Gasteiger partial charge in [-0.2, -0.15) is 0 Å². The minimum absolute atomic E-state index is 0.0737. The third-order valence-electron chi connectivity index (χ3n) is 3.91. The fourth-order valence-corrected chi connectivity index (χ4v) is 2.24. The SMILES string of the molecule is CC(c1cccc(O)c1)N(C)C(=O)CNC(=O)c1ccc(F)c(F)c1. The number of carbonyl (C=O) groups excluding carboxylic acids is 2. The molecule has 0 heterocycles. The van der Waals surface area contributed by atoms with Crippen LogP contribution in [0.2, 0.25) is 0 Å². The Balaban J connectivity index is 1.96. The normalized spacial score (nSPS) is 11.7. The van der Waals surface area contributed by atoms with Crippen LogP contribution >= 0.6 is 0 Å². The van der Waals surface area contributed by atoms with Crippen LogP contribution in [-0.4, -0.2) is 35.4 Å². The quantitative estimate of drug-likeness (QED) is 0.873. The zero-order valence-corrected chi connectivity index (χ0v) is 13.8. The fourth-order valence-electron chi connectivity index (χ4n) is 2.24. The second-order valence-corrected chi connectivity index (χ2v) is 5.59. The molecule has 0 saturated carbocycles. The fraction of sp³-hybridized carbons (Fsp3) is 0.222. The zero-order chi connectivity index (χ0) is 18.6. The van der Waals surface area contributed by atoms with E-state index in [0.29, 0.717) is 0 Å². The molecule has 5 nitrogen and oxygen atoms in total. The lowest BCUT2D eigenvalue weighted by Gasteiger charge is -2.25. The molecule has 0 aliphatic heterocycles. The number of phenolic OH excluding ortho intramolecular Hbond substituents is 1. The Hall–Kier alpha value is -2.96. The summed E-state index contributed by atoms with van der Waals surface area (Å²) in [5.41, 5.74) is 0.665. The molecule has 0 radical (unpaired) electrons. The third kappa shape index (κ3) is 4.53. The minimum atomic E-state index is -1.13. The van der Waals surface area contributed by atoms with Crippen molar-refractivity contribution in [3.63, 3.8) is 0 Å². The van der Waals surface area contributed by atoms with Crippen LogP contribution in [0.3, 0.4) is 0 Å². The molecule has 2 aromatic carbocycles. The van der Waals surface area contributed by atoms with Gasteiger partial charge in [0.05, 0.1) is 12.6 Å². The Morgan fingerprint density at radius 3 is 2.52 bits per heavy atom. The van der Waals surface area contributed by atoms with E-state index >= 15 is 0 Å². The number of benzene rings is 2. The van der Waals surface area contributed by atoms with Crippen molar-refractivity contribution >= 4 is 11.8 Å². The summed E-state index contributed by atoms with van der Waals surface area (Å²) in [5.74, 6) is -3.13. The molecule has 0 spiro atoms. The topological polar surface area (TPSA) is 69.6 Å². The molecule has 1 unspecified atom stereocenters. The molecule has 7 heteroatoms. The van der Waals surface area contributed by atoms with Gasteiger partial charge in [0.1, 0.15) is 5.75 Å². The second-order valence-electron chi connectivity index (χ2n) is 5.59. The van der Waals surface area contributed by atoms with E-state index < -0.39 is 17.5 Å². The van der Waals surface area contributed by atoms with Crippen molar-refractivity contribution in [2.75, 3.05) is 13.6 Å². The maximum Gasteiger partial charge on any atom is 0.251 e. The van der Waals surface area contributed by atoms with Gasteiger partial charge in [0.2, 0.25) is 5.91 Å². The van der Waals surface area contributed by atoms with Crippen LogP contribution < -0.4 is 5.32 Å². The standard InChI is InChI=1S/C18H18F2N2O3/c1-11(12-4-3-5-14(23)8-12)22(2)17(24)10-21-18(25)13-6-7-15(19)16(20)9-13/h3-9,11,23H,10H2,1-2H3,(H,21,25). The third-order valence-corrected chi connectivity index (χ3v) is 3.91.